The maximum atomic E-state index is 12.4. The summed E-state index contributed by atoms with van der Waals surface area (Å²) in [5, 5.41) is 4.48. The van der Waals surface area contributed by atoms with Crippen LogP contribution in [-0.4, -0.2) is 59.2 Å². The van der Waals surface area contributed by atoms with Crippen molar-refractivity contribution in [3.8, 4) is 5.75 Å². The van der Waals surface area contributed by atoms with Gasteiger partial charge in [-0.25, -0.2) is 9.48 Å². The number of ether oxygens (including phenoxy) is 2. The van der Waals surface area contributed by atoms with Crippen LogP contribution < -0.4 is 15.4 Å². The number of hydrogen-bond donors (Lipinski definition) is 1. The fourth-order valence-corrected chi connectivity index (χ4v) is 3.49. The summed E-state index contributed by atoms with van der Waals surface area (Å²) < 4.78 is 12.6. The van der Waals surface area contributed by atoms with Gasteiger partial charge in [-0.2, -0.15) is 5.10 Å². The SMILES string of the molecule is COc1ccc(Cn2ncc(N)c2N2CCN(C(=O)OC(C)(C)C)C[C@@H]2C)cc1. The zero-order chi connectivity index (χ0) is 21.2. The molecule has 3 rings (SSSR count). The largest absolute Gasteiger partial charge is 0.497 e. The predicted molar refractivity (Wildman–Crippen MR) is 113 cm³/mol. The van der Waals surface area contributed by atoms with Crippen LogP contribution in [0.1, 0.15) is 33.3 Å². The molecule has 8 nitrogen and oxygen atoms in total. The van der Waals surface area contributed by atoms with E-state index >= 15 is 0 Å². The first-order valence-electron chi connectivity index (χ1n) is 9.86. The van der Waals surface area contributed by atoms with Gasteiger partial charge in [-0.3, -0.25) is 0 Å². The monoisotopic (exact) mass is 401 g/mol. The first-order valence-corrected chi connectivity index (χ1v) is 9.86. The minimum Gasteiger partial charge on any atom is -0.497 e. The van der Waals surface area contributed by atoms with Gasteiger partial charge in [0.15, 0.2) is 5.82 Å². The molecule has 29 heavy (non-hydrogen) atoms. The molecular formula is C21H31N5O3. The van der Waals surface area contributed by atoms with Crippen LogP contribution in [-0.2, 0) is 11.3 Å². The molecule has 158 valence electrons. The Morgan fingerprint density at radius 1 is 1.24 bits per heavy atom. The summed E-state index contributed by atoms with van der Waals surface area (Å²) in [5.41, 5.74) is 7.50. The number of nitrogens with zero attached hydrogens (tertiary/aromatic N) is 4. The lowest BCUT2D eigenvalue weighted by atomic mass is 10.2. The number of piperazine rings is 1. The van der Waals surface area contributed by atoms with Crippen LogP contribution in [0.4, 0.5) is 16.3 Å². The van der Waals surface area contributed by atoms with Gasteiger partial charge in [-0.1, -0.05) is 12.1 Å². The Kier molecular flexibility index (Phi) is 5.91. The summed E-state index contributed by atoms with van der Waals surface area (Å²) in [6.07, 6.45) is 1.41. The Hall–Kier alpha value is -2.90. The minimum atomic E-state index is -0.501. The molecule has 2 aromatic rings. The third kappa shape index (κ3) is 4.93. The summed E-state index contributed by atoms with van der Waals surface area (Å²) in [7, 11) is 1.65. The van der Waals surface area contributed by atoms with Gasteiger partial charge in [0.05, 0.1) is 25.5 Å². The van der Waals surface area contributed by atoms with Crippen molar-refractivity contribution in [2.24, 2.45) is 0 Å². The van der Waals surface area contributed by atoms with Crippen LogP contribution in [0.2, 0.25) is 0 Å². The quantitative estimate of drug-likeness (QED) is 0.848. The Morgan fingerprint density at radius 3 is 2.52 bits per heavy atom. The molecule has 0 bridgehead atoms. The second-order valence-electron chi connectivity index (χ2n) is 8.40. The average Bonchev–Trinajstić information content (AvgIpc) is 3.01. The smallest absolute Gasteiger partial charge is 0.410 e. The van der Waals surface area contributed by atoms with Gasteiger partial charge in [-0.05, 0) is 45.4 Å². The van der Waals surface area contributed by atoms with Crippen LogP contribution in [0.25, 0.3) is 0 Å². The van der Waals surface area contributed by atoms with Crippen molar-refractivity contribution in [2.75, 3.05) is 37.4 Å². The molecule has 1 atom stereocenters. The Bertz CT molecular complexity index is 841. The average molecular weight is 402 g/mol. The molecule has 1 aliphatic rings. The maximum Gasteiger partial charge on any atom is 0.410 e. The van der Waals surface area contributed by atoms with Gasteiger partial charge < -0.3 is 25.0 Å². The number of benzene rings is 1. The number of methoxy groups -OCH3 is 1. The second-order valence-corrected chi connectivity index (χ2v) is 8.40. The molecule has 0 spiro atoms. The highest BCUT2D eigenvalue weighted by atomic mass is 16.6. The van der Waals surface area contributed by atoms with E-state index in [0.717, 1.165) is 17.1 Å². The van der Waals surface area contributed by atoms with Crippen molar-refractivity contribution in [1.82, 2.24) is 14.7 Å². The van der Waals surface area contributed by atoms with E-state index in [-0.39, 0.29) is 12.1 Å². The molecule has 0 unspecified atom stereocenters. The van der Waals surface area contributed by atoms with Gasteiger partial charge >= 0.3 is 6.09 Å². The molecule has 1 aromatic carbocycles. The molecule has 1 aliphatic heterocycles. The first kappa shape index (κ1) is 20.8. The number of rotatable bonds is 4. The van der Waals surface area contributed by atoms with Crippen LogP contribution in [0.5, 0.6) is 5.75 Å². The lowest BCUT2D eigenvalue weighted by molar-refractivity contribution is 0.0218. The Labute approximate surface area is 172 Å². The van der Waals surface area contributed by atoms with Crippen LogP contribution >= 0.6 is 0 Å². The van der Waals surface area contributed by atoms with Crippen LogP contribution in [0.3, 0.4) is 0 Å². The standard InChI is InChI=1S/C21H31N5O3/c1-15-13-24(20(27)29-21(2,3)4)10-11-25(15)19-18(22)12-23-26(19)14-16-6-8-17(28-5)9-7-16/h6-9,12,15H,10-11,13-14,22H2,1-5H3/t15-/m0/s1. The van der Waals surface area contributed by atoms with E-state index in [1.807, 2.05) is 49.7 Å². The maximum absolute atomic E-state index is 12.4. The van der Waals surface area contributed by atoms with Gasteiger partial charge in [-0.15, -0.1) is 0 Å². The molecule has 1 fully saturated rings. The Morgan fingerprint density at radius 2 is 1.93 bits per heavy atom. The lowest BCUT2D eigenvalue weighted by Gasteiger charge is -2.41. The van der Waals surface area contributed by atoms with Gasteiger partial charge in [0.2, 0.25) is 0 Å². The molecule has 1 amide bonds. The fourth-order valence-electron chi connectivity index (χ4n) is 3.49. The highest BCUT2D eigenvalue weighted by Gasteiger charge is 2.32. The van der Waals surface area contributed by atoms with E-state index in [4.69, 9.17) is 15.2 Å². The number of nitrogens with two attached hydrogens (primary N) is 1. The van der Waals surface area contributed by atoms with Crippen molar-refractivity contribution >= 4 is 17.6 Å². The van der Waals surface area contributed by atoms with E-state index in [9.17, 15) is 4.79 Å². The van der Waals surface area contributed by atoms with E-state index in [2.05, 4.69) is 16.9 Å². The van der Waals surface area contributed by atoms with E-state index in [1.165, 1.54) is 0 Å². The molecule has 8 heteroatoms. The van der Waals surface area contributed by atoms with Crippen molar-refractivity contribution in [3.05, 3.63) is 36.0 Å². The summed E-state index contributed by atoms with van der Waals surface area (Å²) in [4.78, 5) is 16.4. The van der Waals surface area contributed by atoms with E-state index < -0.39 is 5.60 Å². The molecular weight excluding hydrogens is 370 g/mol. The topological polar surface area (TPSA) is 85.9 Å². The molecule has 0 aliphatic carbocycles. The lowest BCUT2D eigenvalue weighted by Crippen LogP contribution is -2.55. The number of amides is 1. The normalized spacial score (nSPS) is 17.3. The number of anilines is 2. The molecule has 1 aromatic heterocycles. The third-order valence-corrected chi connectivity index (χ3v) is 4.88. The number of carbonyl (C=O) groups is 1. The Balaban J connectivity index is 1.72. The number of aromatic nitrogens is 2. The fraction of sp³-hybridized carbons (Fsp3) is 0.524. The van der Waals surface area contributed by atoms with E-state index in [0.29, 0.717) is 31.9 Å². The molecule has 0 saturated carbocycles. The van der Waals surface area contributed by atoms with Gasteiger partial charge in [0.25, 0.3) is 0 Å². The molecule has 2 N–H and O–H groups in total. The number of nitrogen functional groups attached to an aromatic ring is 1. The highest BCUT2D eigenvalue weighted by Crippen LogP contribution is 2.28. The van der Waals surface area contributed by atoms with Crippen molar-refractivity contribution in [3.63, 3.8) is 0 Å². The first-order chi connectivity index (χ1) is 13.7. The van der Waals surface area contributed by atoms with Gasteiger partial charge in [0.1, 0.15) is 11.4 Å². The number of carbonyl (C=O) groups excluding carboxylic acids is 1. The zero-order valence-electron chi connectivity index (χ0n) is 17.9. The number of hydrogen-bond acceptors (Lipinski definition) is 6. The van der Waals surface area contributed by atoms with Gasteiger partial charge in [0, 0.05) is 25.7 Å². The summed E-state index contributed by atoms with van der Waals surface area (Å²) in [6.45, 7) is 10.1. The third-order valence-electron chi connectivity index (χ3n) is 4.88. The summed E-state index contributed by atoms with van der Waals surface area (Å²) >= 11 is 0. The zero-order valence-corrected chi connectivity index (χ0v) is 17.9. The van der Waals surface area contributed by atoms with Crippen LogP contribution in [0.15, 0.2) is 30.5 Å². The molecule has 0 radical (unpaired) electrons. The highest BCUT2D eigenvalue weighted by molar-refractivity contribution is 5.69. The minimum absolute atomic E-state index is 0.0879. The predicted octanol–water partition coefficient (Wildman–Crippen LogP) is 2.97. The summed E-state index contributed by atoms with van der Waals surface area (Å²) in [6, 6.07) is 7.99. The van der Waals surface area contributed by atoms with Crippen molar-refractivity contribution < 1.29 is 14.3 Å². The van der Waals surface area contributed by atoms with Crippen molar-refractivity contribution in [2.45, 2.75) is 45.9 Å². The molecule has 1 saturated heterocycles. The van der Waals surface area contributed by atoms with Crippen molar-refractivity contribution in [1.29, 1.82) is 0 Å². The summed E-state index contributed by atoms with van der Waals surface area (Å²) in [5.74, 6) is 1.71. The van der Waals surface area contributed by atoms with E-state index in [1.54, 1.807) is 18.2 Å². The molecule has 2 heterocycles. The second kappa shape index (κ2) is 8.23. The van der Waals surface area contributed by atoms with Crippen LogP contribution in [0, 0.1) is 0 Å².